The molecule has 0 unspecified atom stereocenters. The molecule has 1 aliphatic heterocycles. The van der Waals surface area contributed by atoms with Gasteiger partial charge in [-0.25, -0.2) is 17.2 Å². The topological polar surface area (TPSA) is 93.5 Å². The zero-order chi connectivity index (χ0) is 21.1. The smallest absolute Gasteiger partial charge is 0.246 e. The molecule has 0 spiro atoms. The molecule has 1 aromatic rings. The van der Waals surface area contributed by atoms with Crippen molar-refractivity contribution in [3.05, 3.63) is 29.8 Å². The molecule has 154 valence electrons. The van der Waals surface area contributed by atoms with Crippen molar-refractivity contribution in [3.63, 3.8) is 0 Å². The van der Waals surface area contributed by atoms with Crippen LogP contribution >= 0.6 is 0 Å². The van der Waals surface area contributed by atoms with Crippen LogP contribution in [0.3, 0.4) is 0 Å². The molecule has 0 aliphatic carbocycles. The van der Waals surface area contributed by atoms with Crippen LogP contribution in [-0.4, -0.2) is 61.8 Å². The molecule has 1 amide bonds. The van der Waals surface area contributed by atoms with Gasteiger partial charge >= 0.3 is 0 Å². The van der Waals surface area contributed by atoms with Crippen LogP contribution in [0.15, 0.2) is 23.1 Å². The minimum absolute atomic E-state index is 0.0305. The summed E-state index contributed by atoms with van der Waals surface area (Å²) in [5, 5.41) is 12.0. The van der Waals surface area contributed by atoms with E-state index in [0.717, 1.165) is 16.4 Å². The van der Waals surface area contributed by atoms with Gasteiger partial charge in [0, 0.05) is 32.2 Å². The molecular formula is C18H24F2N4O3S. The second kappa shape index (κ2) is 8.51. The molecule has 1 fully saturated rings. The Hall–Kier alpha value is -2.09. The summed E-state index contributed by atoms with van der Waals surface area (Å²) in [6.45, 7) is 6.06. The summed E-state index contributed by atoms with van der Waals surface area (Å²) in [7, 11) is -4.08. The predicted octanol–water partition coefficient (Wildman–Crippen LogP) is 1.33. The largest absolute Gasteiger partial charge is 0.337 e. The highest BCUT2D eigenvalue weighted by Gasteiger charge is 2.33. The van der Waals surface area contributed by atoms with Gasteiger partial charge in [0.2, 0.25) is 15.9 Å². The average Bonchev–Trinajstić information content (AvgIpc) is 2.61. The van der Waals surface area contributed by atoms with Crippen molar-refractivity contribution in [1.29, 1.82) is 5.26 Å². The summed E-state index contributed by atoms with van der Waals surface area (Å²) in [4.78, 5) is 13.4. The summed E-state index contributed by atoms with van der Waals surface area (Å²) in [5.74, 6) is -2.38. The number of rotatable bonds is 6. The summed E-state index contributed by atoms with van der Waals surface area (Å²) >= 11 is 0. The van der Waals surface area contributed by atoms with E-state index in [1.165, 1.54) is 0 Å². The normalized spacial score (nSPS) is 18.5. The Balaban J connectivity index is 1.97. The first-order valence-electron chi connectivity index (χ1n) is 8.89. The Bertz CT molecular complexity index is 877. The first-order chi connectivity index (χ1) is 13.0. The van der Waals surface area contributed by atoms with Crippen molar-refractivity contribution in [1.82, 2.24) is 14.5 Å². The first kappa shape index (κ1) is 22.2. The third kappa shape index (κ3) is 4.84. The molecule has 1 atom stereocenters. The van der Waals surface area contributed by atoms with E-state index in [4.69, 9.17) is 0 Å². The van der Waals surface area contributed by atoms with Gasteiger partial charge in [-0.1, -0.05) is 13.8 Å². The van der Waals surface area contributed by atoms with E-state index in [2.05, 4.69) is 11.4 Å². The monoisotopic (exact) mass is 414 g/mol. The van der Waals surface area contributed by atoms with Crippen molar-refractivity contribution in [2.24, 2.45) is 5.92 Å². The highest BCUT2D eigenvalue weighted by atomic mass is 32.2. The number of halogens is 2. The fourth-order valence-corrected chi connectivity index (χ4v) is 4.25. The second-order valence-electron chi connectivity index (χ2n) is 7.27. The summed E-state index contributed by atoms with van der Waals surface area (Å²) < 4.78 is 53.2. The van der Waals surface area contributed by atoms with Crippen molar-refractivity contribution in [3.8, 4) is 6.07 Å². The number of carbonyl (C=O) groups is 1. The van der Waals surface area contributed by atoms with E-state index in [9.17, 15) is 27.3 Å². The minimum atomic E-state index is -4.08. The maximum Gasteiger partial charge on any atom is 0.246 e. The van der Waals surface area contributed by atoms with E-state index in [0.29, 0.717) is 6.07 Å². The van der Waals surface area contributed by atoms with E-state index in [1.807, 2.05) is 13.8 Å². The van der Waals surface area contributed by atoms with Gasteiger partial charge in [0.25, 0.3) is 0 Å². The molecule has 0 bridgehead atoms. The summed E-state index contributed by atoms with van der Waals surface area (Å²) in [6.07, 6.45) is 0. The van der Waals surface area contributed by atoms with Gasteiger partial charge in [0.05, 0.1) is 12.6 Å². The van der Waals surface area contributed by atoms with Gasteiger partial charge in [0.1, 0.15) is 22.1 Å². The average molecular weight is 414 g/mol. The number of piperazine rings is 1. The van der Waals surface area contributed by atoms with Gasteiger partial charge in [-0.3, -0.25) is 9.69 Å². The molecule has 7 nitrogen and oxygen atoms in total. The lowest BCUT2D eigenvalue weighted by Crippen LogP contribution is -2.55. The van der Waals surface area contributed by atoms with Gasteiger partial charge in [-0.15, -0.1) is 0 Å². The molecular weight excluding hydrogens is 390 g/mol. The minimum Gasteiger partial charge on any atom is -0.337 e. The van der Waals surface area contributed by atoms with Crippen LogP contribution < -0.4 is 5.32 Å². The lowest BCUT2D eigenvalue weighted by Gasteiger charge is -2.34. The molecule has 1 aromatic carbocycles. The number of hydrogen-bond donors (Lipinski definition) is 1. The number of carbonyl (C=O) groups excluding carboxylic acids is 1. The van der Waals surface area contributed by atoms with Gasteiger partial charge in [0.15, 0.2) is 0 Å². The van der Waals surface area contributed by atoms with Crippen LogP contribution in [0.5, 0.6) is 0 Å². The maximum atomic E-state index is 13.9. The number of nitriles is 1. The Labute approximate surface area is 164 Å². The molecule has 1 N–H and O–H groups in total. The van der Waals surface area contributed by atoms with E-state index in [-0.39, 0.29) is 44.5 Å². The highest BCUT2D eigenvalue weighted by Crippen LogP contribution is 2.21. The van der Waals surface area contributed by atoms with Gasteiger partial charge in [-0.05, 0) is 25.0 Å². The van der Waals surface area contributed by atoms with E-state index in [1.54, 1.807) is 11.8 Å². The predicted molar refractivity (Wildman–Crippen MR) is 98.6 cm³/mol. The fourth-order valence-electron chi connectivity index (χ4n) is 2.79. The molecule has 0 aromatic heterocycles. The molecule has 1 heterocycles. The van der Waals surface area contributed by atoms with Crippen molar-refractivity contribution < 1.29 is 22.0 Å². The van der Waals surface area contributed by atoms with Crippen LogP contribution in [-0.2, 0) is 14.8 Å². The van der Waals surface area contributed by atoms with Crippen LogP contribution in [0.4, 0.5) is 8.78 Å². The maximum absolute atomic E-state index is 13.9. The zero-order valence-corrected chi connectivity index (χ0v) is 16.9. The van der Waals surface area contributed by atoms with Crippen LogP contribution in [0.25, 0.3) is 0 Å². The Morgan fingerprint density at radius 1 is 1.29 bits per heavy atom. The van der Waals surface area contributed by atoms with Crippen molar-refractivity contribution >= 4 is 15.9 Å². The van der Waals surface area contributed by atoms with Gasteiger partial charge in [-0.2, -0.15) is 9.57 Å². The lowest BCUT2D eigenvalue weighted by atomic mass is 9.90. The standard InChI is InChI=1S/C18H24F2N4O3S/c1-13(2)18(3,12-21)22-17(25)11-23-6-8-24(9-7-23)28(26,27)16-5-4-14(19)10-15(16)20/h4-5,10,13H,6-9,11H2,1-3H3,(H,22,25)/t18-/m1/s1. The van der Waals surface area contributed by atoms with Crippen molar-refractivity contribution in [2.45, 2.75) is 31.2 Å². The van der Waals surface area contributed by atoms with E-state index < -0.39 is 32.1 Å². The fraction of sp³-hybridized carbons (Fsp3) is 0.556. The number of amides is 1. The first-order valence-corrected chi connectivity index (χ1v) is 10.3. The Kier molecular flexibility index (Phi) is 6.75. The van der Waals surface area contributed by atoms with Crippen LogP contribution in [0.1, 0.15) is 20.8 Å². The van der Waals surface area contributed by atoms with Crippen LogP contribution in [0.2, 0.25) is 0 Å². The molecule has 0 radical (unpaired) electrons. The Morgan fingerprint density at radius 3 is 2.39 bits per heavy atom. The molecule has 28 heavy (non-hydrogen) atoms. The lowest BCUT2D eigenvalue weighted by molar-refractivity contribution is -0.124. The summed E-state index contributed by atoms with van der Waals surface area (Å²) in [5.41, 5.74) is -0.984. The number of sulfonamides is 1. The molecule has 2 rings (SSSR count). The SMILES string of the molecule is CC(C)[C@@](C)(C#N)NC(=O)CN1CCN(S(=O)(=O)c2ccc(F)cc2F)CC1. The molecule has 1 saturated heterocycles. The van der Waals surface area contributed by atoms with Crippen molar-refractivity contribution in [2.75, 3.05) is 32.7 Å². The number of nitrogens with zero attached hydrogens (tertiary/aromatic N) is 3. The zero-order valence-electron chi connectivity index (χ0n) is 16.1. The summed E-state index contributed by atoms with van der Waals surface area (Å²) in [6, 6.07) is 4.45. The Morgan fingerprint density at radius 2 is 1.89 bits per heavy atom. The second-order valence-corrected chi connectivity index (χ2v) is 9.18. The highest BCUT2D eigenvalue weighted by molar-refractivity contribution is 7.89. The molecule has 1 aliphatic rings. The molecule has 0 saturated carbocycles. The number of nitrogens with one attached hydrogen (secondary N) is 1. The van der Waals surface area contributed by atoms with Crippen LogP contribution in [0, 0.1) is 28.9 Å². The number of benzene rings is 1. The molecule has 10 heteroatoms. The van der Waals surface area contributed by atoms with E-state index >= 15 is 0 Å². The van der Waals surface area contributed by atoms with Gasteiger partial charge < -0.3 is 5.32 Å². The number of hydrogen-bond acceptors (Lipinski definition) is 5. The third-order valence-electron chi connectivity index (χ3n) is 5.00. The third-order valence-corrected chi connectivity index (χ3v) is 6.93. The quantitative estimate of drug-likeness (QED) is 0.758.